The standard InChI is InChI=1S/C22H23N3O3S/c1-13(2)20(27)23-18-10-8-16(9-11-18)19(26)15(4)29-22-25-24-21(28-22)17-7-5-6-14(3)12-17/h5-13,15H,1-4H3,(H,23,27)/t15-/m0/s1. The van der Waals surface area contributed by atoms with Gasteiger partial charge in [-0.2, -0.15) is 0 Å². The molecule has 2 aromatic carbocycles. The van der Waals surface area contributed by atoms with Gasteiger partial charge in [0, 0.05) is 22.7 Å². The van der Waals surface area contributed by atoms with Crippen LogP contribution in [-0.4, -0.2) is 27.1 Å². The van der Waals surface area contributed by atoms with Crippen molar-refractivity contribution in [1.82, 2.24) is 10.2 Å². The number of Topliss-reactive ketones (excluding diaryl/α,β-unsaturated/α-hetero) is 1. The molecular weight excluding hydrogens is 386 g/mol. The number of rotatable bonds is 7. The smallest absolute Gasteiger partial charge is 0.277 e. The van der Waals surface area contributed by atoms with E-state index in [0.29, 0.717) is 22.4 Å². The summed E-state index contributed by atoms with van der Waals surface area (Å²) in [7, 11) is 0. The third-order valence-corrected chi connectivity index (χ3v) is 5.21. The molecule has 1 atom stereocenters. The van der Waals surface area contributed by atoms with Gasteiger partial charge in [-0.15, -0.1) is 10.2 Å². The molecule has 0 bridgehead atoms. The molecule has 1 aromatic heterocycles. The summed E-state index contributed by atoms with van der Waals surface area (Å²) in [5.74, 6) is 0.216. The summed E-state index contributed by atoms with van der Waals surface area (Å²) in [6, 6.07) is 14.7. The molecular formula is C22H23N3O3S. The third kappa shape index (κ3) is 5.32. The Morgan fingerprint density at radius 3 is 2.41 bits per heavy atom. The number of thioether (sulfide) groups is 1. The SMILES string of the molecule is Cc1cccc(-c2nnc(S[C@@H](C)C(=O)c3ccc(NC(=O)C(C)C)cc3)o2)c1. The molecule has 0 radical (unpaired) electrons. The Balaban J connectivity index is 1.64. The lowest BCUT2D eigenvalue weighted by molar-refractivity contribution is -0.118. The maximum Gasteiger partial charge on any atom is 0.277 e. The summed E-state index contributed by atoms with van der Waals surface area (Å²) in [4.78, 5) is 24.5. The highest BCUT2D eigenvalue weighted by Gasteiger charge is 2.20. The molecule has 1 N–H and O–H groups in total. The molecule has 0 fully saturated rings. The molecule has 0 saturated carbocycles. The Bertz CT molecular complexity index is 1010. The minimum atomic E-state index is -0.392. The number of ketones is 1. The molecule has 29 heavy (non-hydrogen) atoms. The normalized spacial score (nSPS) is 12.0. The molecule has 0 aliphatic rings. The zero-order chi connectivity index (χ0) is 21.0. The van der Waals surface area contributed by atoms with Gasteiger partial charge in [0.05, 0.1) is 5.25 Å². The topological polar surface area (TPSA) is 85.1 Å². The first kappa shape index (κ1) is 20.8. The van der Waals surface area contributed by atoms with Crippen molar-refractivity contribution in [2.75, 3.05) is 5.32 Å². The Labute approximate surface area is 174 Å². The number of aromatic nitrogens is 2. The predicted octanol–water partition coefficient (Wildman–Crippen LogP) is 5.00. The van der Waals surface area contributed by atoms with Crippen LogP contribution in [0, 0.1) is 12.8 Å². The quantitative estimate of drug-likeness (QED) is 0.436. The molecule has 7 heteroatoms. The van der Waals surface area contributed by atoms with Crippen LogP contribution < -0.4 is 5.32 Å². The molecule has 0 saturated heterocycles. The van der Waals surface area contributed by atoms with Crippen LogP contribution >= 0.6 is 11.8 Å². The van der Waals surface area contributed by atoms with E-state index in [9.17, 15) is 9.59 Å². The summed E-state index contributed by atoms with van der Waals surface area (Å²) < 4.78 is 5.71. The van der Waals surface area contributed by atoms with Crippen LogP contribution in [0.3, 0.4) is 0 Å². The number of amides is 1. The predicted molar refractivity (Wildman–Crippen MR) is 114 cm³/mol. The number of nitrogens with zero attached hydrogens (tertiary/aromatic N) is 2. The summed E-state index contributed by atoms with van der Waals surface area (Å²) in [6.07, 6.45) is 0. The maximum absolute atomic E-state index is 12.7. The summed E-state index contributed by atoms with van der Waals surface area (Å²) in [6.45, 7) is 7.45. The molecule has 3 aromatic rings. The van der Waals surface area contributed by atoms with Crippen LogP contribution in [-0.2, 0) is 4.79 Å². The zero-order valence-corrected chi connectivity index (χ0v) is 17.6. The maximum atomic E-state index is 12.7. The van der Waals surface area contributed by atoms with Crippen LogP contribution in [0.2, 0.25) is 0 Å². The molecule has 0 unspecified atom stereocenters. The number of hydrogen-bond acceptors (Lipinski definition) is 6. The van der Waals surface area contributed by atoms with Gasteiger partial charge >= 0.3 is 0 Å². The number of carbonyl (C=O) groups excluding carboxylic acids is 2. The molecule has 6 nitrogen and oxygen atoms in total. The number of carbonyl (C=O) groups is 2. The van der Waals surface area contributed by atoms with Gasteiger partial charge in [0.1, 0.15) is 0 Å². The van der Waals surface area contributed by atoms with Crippen LogP contribution in [0.15, 0.2) is 58.2 Å². The van der Waals surface area contributed by atoms with Crippen molar-refractivity contribution in [3.63, 3.8) is 0 Å². The van der Waals surface area contributed by atoms with E-state index in [0.717, 1.165) is 11.1 Å². The first-order chi connectivity index (χ1) is 13.8. The fourth-order valence-electron chi connectivity index (χ4n) is 2.60. The summed E-state index contributed by atoms with van der Waals surface area (Å²) in [5.41, 5.74) is 3.18. The van der Waals surface area contributed by atoms with Gasteiger partial charge in [0.25, 0.3) is 5.22 Å². The van der Waals surface area contributed by atoms with Gasteiger partial charge in [0.15, 0.2) is 5.78 Å². The van der Waals surface area contributed by atoms with Crippen molar-refractivity contribution in [1.29, 1.82) is 0 Å². The van der Waals surface area contributed by atoms with Gasteiger partial charge in [-0.25, -0.2) is 0 Å². The minimum absolute atomic E-state index is 0.0490. The van der Waals surface area contributed by atoms with Crippen LogP contribution in [0.1, 0.15) is 36.7 Å². The molecule has 3 rings (SSSR count). The van der Waals surface area contributed by atoms with Crippen molar-refractivity contribution >= 4 is 29.1 Å². The van der Waals surface area contributed by atoms with Crippen molar-refractivity contribution < 1.29 is 14.0 Å². The van der Waals surface area contributed by atoms with E-state index in [1.165, 1.54) is 11.8 Å². The van der Waals surface area contributed by atoms with E-state index in [2.05, 4.69) is 15.5 Å². The van der Waals surface area contributed by atoms with Crippen LogP contribution in [0.25, 0.3) is 11.5 Å². The van der Waals surface area contributed by atoms with E-state index in [4.69, 9.17) is 4.42 Å². The lowest BCUT2D eigenvalue weighted by Gasteiger charge is -2.10. The molecule has 0 aliphatic heterocycles. The largest absolute Gasteiger partial charge is 0.411 e. The number of anilines is 1. The summed E-state index contributed by atoms with van der Waals surface area (Å²) in [5, 5.41) is 10.9. The molecule has 150 valence electrons. The van der Waals surface area contributed by atoms with Crippen molar-refractivity contribution in [2.24, 2.45) is 5.92 Å². The van der Waals surface area contributed by atoms with Gasteiger partial charge in [-0.05, 0) is 50.2 Å². The van der Waals surface area contributed by atoms with E-state index < -0.39 is 5.25 Å². The van der Waals surface area contributed by atoms with Gasteiger partial charge in [-0.1, -0.05) is 43.3 Å². The highest BCUT2D eigenvalue weighted by Crippen LogP contribution is 2.28. The highest BCUT2D eigenvalue weighted by atomic mass is 32.2. The number of aryl methyl sites for hydroxylation is 1. The van der Waals surface area contributed by atoms with Gasteiger partial charge < -0.3 is 9.73 Å². The second-order valence-electron chi connectivity index (χ2n) is 7.09. The van der Waals surface area contributed by atoms with Crippen molar-refractivity contribution in [3.05, 3.63) is 59.7 Å². The zero-order valence-electron chi connectivity index (χ0n) is 16.8. The first-order valence-corrected chi connectivity index (χ1v) is 10.2. The van der Waals surface area contributed by atoms with E-state index in [-0.39, 0.29) is 17.6 Å². The van der Waals surface area contributed by atoms with Crippen molar-refractivity contribution in [2.45, 2.75) is 38.2 Å². The fraction of sp³-hybridized carbons (Fsp3) is 0.273. The minimum Gasteiger partial charge on any atom is -0.411 e. The number of hydrogen-bond donors (Lipinski definition) is 1. The van der Waals surface area contributed by atoms with E-state index >= 15 is 0 Å². The van der Waals surface area contributed by atoms with Crippen LogP contribution in [0.5, 0.6) is 0 Å². The Hall–Kier alpha value is -2.93. The monoisotopic (exact) mass is 409 g/mol. The molecule has 1 heterocycles. The van der Waals surface area contributed by atoms with Crippen molar-refractivity contribution in [3.8, 4) is 11.5 Å². The van der Waals surface area contributed by atoms with Gasteiger partial charge in [-0.3, -0.25) is 9.59 Å². The first-order valence-electron chi connectivity index (χ1n) is 9.36. The molecule has 0 spiro atoms. The van der Waals surface area contributed by atoms with Gasteiger partial charge in [0.2, 0.25) is 11.8 Å². The third-order valence-electron chi connectivity index (χ3n) is 4.28. The lowest BCUT2D eigenvalue weighted by Crippen LogP contribution is -2.18. The molecule has 0 aliphatic carbocycles. The fourth-order valence-corrected chi connectivity index (χ4v) is 3.36. The van der Waals surface area contributed by atoms with E-state index in [1.807, 2.05) is 45.0 Å². The number of benzene rings is 2. The number of nitrogens with one attached hydrogen (secondary N) is 1. The van der Waals surface area contributed by atoms with Crippen LogP contribution in [0.4, 0.5) is 5.69 Å². The average Bonchev–Trinajstić information content (AvgIpc) is 3.16. The lowest BCUT2D eigenvalue weighted by atomic mass is 10.1. The Morgan fingerprint density at radius 2 is 1.76 bits per heavy atom. The second-order valence-corrected chi connectivity index (χ2v) is 8.38. The van der Waals surface area contributed by atoms with E-state index in [1.54, 1.807) is 31.2 Å². The average molecular weight is 410 g/mol. The second kappa shape index (κ2) is 9.05. The summed E-state index contributed by atoms with van der Waals surface area (Å²) >= 11 is 1.23. The Morgan fingerprint density at radius 1 is 1.03 bits per heavy atom. The molecule has 1 amide bonds. The Kier molecular flexibility index (Phi) is 6.49. The highest BCUT2D eigenvalue weighted by molar-refractivity contribution is 8.00.